The first kappa shape index (κ1) is 21.4. The van der Waals surface area contributed by atoms with E-state index in [1.807, 2.05) is 24.3 Å². The normalized spacial score (nSPS) is 13.8. The molecule has 1 saturated heterocycles. The summed E-state index contributed by atoms with van der Waals surface area (Å²) >= 11 is 0. The van der Waals surface area contributed by atoms with Gasteiger partial charge in [0, 0.05) is 49.7 Å². The zero-order valence-corrected chi connectivity index (χ0v) is 17.6. The average molecular weight is 438 g/mol. The van der Waals surface area contributed by atoms with Crippen molar-refractivity contribution in [3.8, 4) is 5.75 Å². The van der Waals surface area contributed by atoms with Gasteiger partial charge < -0.3 is 19.5 Å². The summed E-state index contributed by atoms with van der Waals surface area (Å²) in [5, 5.41) is 0. The Morgan fingerprint density at radius 1 is 1.06 bits per heavy atom. The number of carbonyl (C=O) groups is 1. The van der Waals surface area contributed by atoms with Crippen LogP contribution in [0.4, 0.5) is 10.1 Å². The fraction of sp³-hybridized carbons (Fsp3) is 0.261. The molecule has 4 rings (SSSR count). The summed E-state index contributed by atoms with van der Waals surface area (Å²) in [4.78, 5) is 44.3. The Kier molecular flexibility index (Phi) is 6.07. The second-order valence-electron chi connectivity index (χ2n) is 7.47. The van der Waals surface area contributed by atoms with Crippen LogP contribution in [-0.2, 0) is 6.54 Å². The largest absolute Gasteiger partial charge is 0.497 e. The molecule has 1 aliphatic rings. The number of aromatic amines is 1. The lowest BCUT2D eigenvalue weighted by atomic mass is 10.2. The van der Waals surface area contributed by atoms with Crippen LogP contribution in [0.15, 0.2) is 64.3 Å². The van der Waals surface area contributed by atoms with Gasteiger partial charge in [-0.15, -0.1) is 0 Å². The van der Waals surface area contributed by atoms with E-state index in [9.17, 15) is 18.8 Å². The highest BCUT2D eigenvalue weighted by molar-refractivity contribution is 5.93. The summed E-state index contributed by atoms with van der Waals surface area (Å²) in [6.07, 6.45) is 1.14. The number of piperazine rings is 1. The number of aromatic nitrogens is 2. The average Bonchev–Trinajstić information content (AvgIpc) is 2.82. The minimum atomic E-state index is -0.739. The van der Waals surface area contributed by atoms with E-state index >= 15 is 0 Å². The van der Waals surface area contributed by atoms with Crippen molar-refractivity contribution in [2.45, 2.75) is 6.54 Å². The van der Waals surface area contributed by atoms with E-state index in [-0.39, 0.29) is 17.7 Å². The molecule has 2 heterocycles. The lowest BCUT2D eigenvalue weighted by molar-refractivity contribution is 0.0743. The van der Waals surface area contributed by atoms with Crippen LogP contribution in [0, 0.1) is 5.82 Å². The number of benzene rings is 2. The molecule has 2 aromatic carbocycles. The number of halogens is 1. The molecule has 1 aliphatic heterocycles. The molecule has 0 atom stereocenters. The van der Waals surface area contributed by atoms with Gasteiger partial charge in [-0.3, -0.25) is 14.2 Å². The topological polar surface area (TPSA) is 87.6 Å². The number of H-pyrrole nitrogens is 1. The van der Waals surface area contributed by atoms with Crippen LogP contribution in [-0.4, -0.2) is 53.6 Å². The van der Waals surface area contributed by atoms with Crippen LogP contribution >= 0.6 is 0 Å². The molecule has 8 nitrogen and oxygen atoms in total. The number of hydrogen-bond donors (Lipinski definition) is 1. The van der Waals surface area contributed by atoms with Gasteiger partial charge in [0.25, 0.3) is 11.5 Å². The minimum Gasteiger partial charge on any atom is -0.497 e. The van der Waals surface area contributed by atoms with Gasteiger partial charge in [-0.1, -0.05) is 24.3 Å². The van der Waals surface area contributed by atoms with Crippen molar-refractivity contribution in [3.63, 3.8) is 0 Å². The number of ether oxygens (including phenoxy) is 1. The van der Waals surface area contributed by atoms with E-state index in [0.717, 1.165) is 22.2 Å². The summed E-state index contributed by atoms with van der Waals surface area (Å²) in [7, 11) is 1.61. The maximum Gasteiger partial charge on any atom is 0.328 e. The second kappa shape index (κ2) is 9.09. The predicted octanol–water partition coefficient (Wildman–Crippen LogP) is 1.69. The van der Waals surface area contributed by atoms with Gasteiger partial charge in [-0.05, 0) is 18.2 Å². The third-order valence-electron chi connectivity index (χ3n) is 5.56. The van der Waals surface area contributed by atoms with E-state index in [0.29, 0.717) is 26.2 Å². The third kappa shape index (κ3) is 4.27. The lowest BCUT2D eigenvalue weighted by Crippen LogP contribution is -2.50. The van der Waals surface area contributed by atoms with Crippen LogP contribution in [0.25, 0.3) is 0 Å². The molecule has 1 N–H and O–H groups in total. The van der Waals surface area contributed by atoms with Crippen molar-refractivity contribution in [3.05, 3.63) is 92.5 Å². The lowest BCUT2D eigenvalue weighted by Gasteiger charge is -2.36. The highest BCUT2D eigenvalue weighted by Crippen LogP contribution is 2.22. The maximum atomic E-state index is 14.0. The summed E-state index contributed by atoms with van der Waals surface area (Å²) in [6, 6.07) is 13.6. The fourth-order valence-electron chi connectivity index (χ4n) is 3.75. The molecule has 166 valence electrons. The highest BCUT2D eigenvalue weighted by atomic mass is 19.1. The van der Waals surface area contributed by atoms with Crippen molar-refractivity contribution in [2.75, 3.05) is 38.2 Å². The van der Waals surface area contributed by atoms with E-state index in [1.54, 1.807) is 18.1 Å². The molecule has 0 unspecified atom stereocenters. The van der Waals surface area contributed by atoms with E-state index < -0.39 is 23.0 Å². The van der Waals surface area contributed by atoms with Gasteiger partial charge >= 0.3 is 5.69 Å². The Labute approximate surface area is 183 Å². The predicted molar refractivity (Wildman–Crippen MR) is 118 cm³/mol. The molecule has 3 aromatic rings. The van der Waals surface area contributed by atoms with Gasteiger partial charge in [-0.2, -0.15) is 0 Å². The van der Waals surface area contributed by atoms with E-state index in [2.05, 4.69) is 9.88 Å². The Morgan fingerprint density at radius 2 is 1.81 bits per heavy atom. The minimum absolute atomic E-state index is 0.143. The molecule has 1 fully saturated rings. The Hall–Kier alpha value is -3.88. The van der Waals surface area contributed by atoms with Crippen molar-refractivity contribution in [1.29, 1.82) is 0 Å². The first-order valence-corrected chi connectivity index (χ1v) is 10.2. The molecule has 0 radical (unpaired) electrons. The molecule has 1 amide bonds. The summed E-state index contributed by atoms with van der Waals surface area (Å²) in [5.74, 6) is -0.229. The number of anilines is 1. The molecule has 0 bridgehead atoms. The van der Waals surface area contributed by atoms with Crippen molar-refractivity contribution >= 4 is 11.6 Å². The smallest absolute Gasteiger partial charge is 0.328 e. The number of carbonyl (C=O) groups excluding carboxylic acids is 1. The fourth-order valence-corrected chi connectivity index (χ4v) is 3.75. The first-order chi connectivity index (χ1) is 15.5. The molecule has 32 heavy (non-hydrogen) atoms. The number of methoxy groups -OCH3 is 1. The van der Waals surface area contributed by atoms with Crippen LogP contribution < -0.4 is 20.9 Å². The van der Waals surface area contributed by atoms with Crippen molar-refractivity contribution in [1.82, 2.24) is 14.5 Å². The zero-order valence-electron chi connectivity index (χ0n) is 17.6. The molecule has 0 saturated carbocycles. The Bertz CT molecular complexity index is 1240. The summed E-state index contributed by atoms with van der Waals surface area (Å²) in [6.45, 7) is 1.76. The molecular formula is C23H23FN4O4. The van der Waals surface area contributed by atoms with Gasteiger partial charge in [0.2, 0.25) is 0 Å². The summed E-state index contributed by atoms with van der Waals surface area (Å²) < 4.78 is 20.1. The van der Waals surface area contributed by atoms with Crippen LogP contribution in [0.2, 0.25) is 0 Å². The highest BCUT2D eigenvalue weighted by Gasteiger charge is 2.25. The summed E-state index contributed by atoms with van der Waals surface area (Å²) in [5.41, 5.74) is -0.394. The molecule has 0 aliphatic carbocycles. The Morgan fingerprint density at radius 3 is 2.53 bits per heavy atom. The van der Waals surface area contributed by atoms with Gasteiger partial charge in [0.05, 0.1) is 13.7 Å². The van der Waals surface area contributed by atoms with Crippen molar-refractivity contribution in [2.24, 2.45) is 0 Å². The number of hydrogen-bond acceptors (Lipinski definition) is 5. The first-order valence-electron chi connectivity index (χ1n) is 10.2. The number of rotatable bonds is 5. The van der Waals surface area contributed by atoms with Gasteiger partial charge in [0.15, 0.2) is 0 Å². The second-order valence-corrected chi connectivity index (χ2v) is 7.47. The molecule has 0 spiro atoms. The third-order valence-corrected chi connectivity index (χ3v) is 5.56. The van der Waals surface area contributed by atoms with Gasteiger partial charge in [0.1, 0.15) is 17.1 Å². The van der Waals surface area contributed by atoms with E-state index in [4.69, 9.17) is 4.74 Å². The van der Waals surface area contributed by atoms with Crippen LogP contribution in [0.3, 0.4) is 0 Å². The number of nitrogens with one attached hydrogen (secondary N) is 1. The molecule has 9 heteroatoms. The monoisotopic (exact) mass is 438 g/mol. The number of nitrogens with zero attached hydrogens (tertiary/aromatic N) is 3. The quantitative estimate of drug-likeness (QED) is 0.655. The van der Waals surface area contributed by atoms with Crippen molar-refractivity contribution < 1.29 is 13.9 Å². The number of amides is 1. The maximum absolute atomic E-state index is 14.0. The van der Waals surface area contributed by atoms with Crippen LogP contribution in [0.5, 0.6) is 5.75 Å². The molecule has 1 aromatic heterocycles. The molecular weight excluding hydrogens is 415 g/mol. The standard InChI is InChI=1S/C23H23FN4O4/c1-32-18-7-4-6-17(13-18)26-9-11-27(12-10-26)21(29)19-14-25-23(31)28(22(19)30)15-16-5-2-3-8-20(16)24/h2-8,13-14H,9-12,15H2,1H3,(H,25,31). The van der Waals surface area contributed by atoms with E-state index in [1.165, 1.54) is 18.2 Å². The van der Waals surface area contributed by atoms with Crippen LogP contribution in [0.1, 0.15) is 15.9 Å². The Balaban J connectivity index is 1.51. The van der Waals surface area contributed by atoms with Gasteiger partial charge in [-0.25, -0.2) is 9.18 Å². The zero-order chi connectivity index (χ0) is 22.7. The SMILES string of the molecule is COc1cccc(N2CCN(C(=O)c3c[nH]c(=O)n(Cc4ccccc4F)c3=O)CC2)c1.